The van der Waals surface area contributed by atoms with Gasteiger partial charge in [0.15, 0.2) is 0 Å². The molecule has 1 N–H and O–H groups in total. The van der Waals surface area contributed by atoms with Crippen LogP contribution in [0.3, 0.4) is 0 Å². The van der Waals surface area contributed by atoms with Gasteiger partial charge in [-0.3, -0.25) is 0 Å². The molecule has 0 radical (unpaired) electrons. The van der Waals surface area contributed by atoms with Gasteiger partial charge in [-0.05, 0) is 31.2 Å². The molecule has 0 unspecified atom stereocenters. The van der Waals surface area contributed by atoms with Gasteiger partial charge in [-0.15, -0.1) is 0 Å². The fourth-order valence-corrected chi connectivity index (χ4v) is 2.66. The highest BCUT2D eigenvalue weighted by Gasteiger charge is 2.52. The average molecular weight is 328 g/mol. The molecule has 1 fully saturated rings. The molecule has 0 aromatic heterocycles. The number of rotatable bonds is 5. The molecule has 0 atom stereocenters. The van der Waals surface area contributed by atoms with Crippen molar-refractivity contribution in [2.75, 3.05) is 19.0 Å². The van der Waals surface area contributed by atoms with Gasteiger partial charge in [0.1, 0.15) is 5.54 Å². The summed E-state index contributed by atoms with van der Waals surface area (Å²) in [5.41, 5.74) is 0.256. The Labute approximate surface area is 121 Å². The molecule has 1 aliphatic rings. The molecule has 1 aromatic rings. The first kappa shape index (κ1) is 14.3. The minimum atomic E-state index is -0.650. The molecule has 1 aromatic carbocycles. The zero-order chi connectivity index (χ0) is 13.9. The van der Waals surface area contributed by atoms with Gasteiger partial charge in [0.2, 0.25) is 0 Å². The van der Waals surface area contributed by atoms with Crippen molar-refractivity contribution >= 4 is 27.6 Å². The zero-order valence-corrected chi connectivity index (χ0v) is 12.7. The number of hydrogen-bond acceptors (Lipinski definition) is 4. The van der Waals surface area contributed by atoms with Crippen LogP contribution < -0.4 is 5.32 Å². The number of carbonyl (C=O) groups is 1. The molecular formula is C14H18BrNO3. The van der Waals surface area contributed by atoms with Crippen LogP contribution in [0.15, 0.2) is 28.7 Å². The summed E-state index contributed by atoms with van der Waals surface area (Å²) >= 11 is 3.39. The molecule has 104 valence electrons. The van der Waals surface area contributed by atoms with Crippen molar-refractivity contribution in [3.05, 3.63) is 28.7 Å². The predicted molar refractivity (Wildman–Crippen MR) is 77.2 cm³/mol. The molecule has 2 rings (SSSR count). The predicted octanol–water partition coefficient (Wildman–Crippen LogP) is 2.97. The molecule has 1 saturated carbocycles. The van der Waals surface area contributed by atoms with E-state index in [1.54, 1.807) is 0 Å². The Hall–Kier alpha value is -1.07. The van der Waals surface area contributed by atoms with Crippen molar-refractivity contribution in [2.45, 2.75) is 31.4 Å². The lowest BCUT2D eigenvalue weighted by molar-refractivity contribution is -0.155. The van der Waals surface area contributed by atoms with Gasteiger partial charge in [-0.2, -0.15) is 0 Å². The van der Waals surface area contributed by atoms with Crippen LogP contribution >= 0.6 is 15.9 Å². The molecule has 0 spiro atoms. The van der Waals surface area contributed by atoms with Crippen LogP contribution in [-0.4, -0.2) is 31.3 Å². The van der Waals surface area contributed by atoms with Crippen molar-refractivity contribution in [3.63, 3.8) is 0 Å². The van der Waals surface area contributed by atoms with E-state index in [0.29, 0.717) is 19.4 Å². The van der Waals surface area contributed by atoms with E-state index < -0.39 is 5.54 Å². The van der Waals surface area contributed by atoms with Crippen LogP contribution in [-0.2, 0) is 14.3 Å². The van der Waals surface area contributed by atoms with Crippen molar-refractivity contribution in [1.82, 2.24) is 0 Å². The number of halogens is 1. The SMILES string of the molecule is CCOC1CC(Nc2ccc(Br)cc2)(C(=O)OC)C1. The van der Waals surface area contributed by atoms with E-state index in [1.807, 2.05) is 31.2 Å². The summed E-state index contributed by atoms with van der Waals surface area (Å²) in [4.78, 5) is 12.0. The van der Waals surface area contributed by atoms with E-state index in [9.17, 15) is 4.79 Å². The van der Waals surface area contributed by atoms with E-state index in [4.69, 9.17) is 9.47 Å². The van der Waals surface area contributed by atoms with Gasteiger partial charge in [0.25, 0.3) is 0 Å². The fraction of sp³-hybridized carbons (Fsp3) is 0.500. The Kier molecular flexibility index (Phi) is 4.47. The highest BCUT2D eigenvalue weighted by atomic mass is 79.9. The highest BCUT2D eigenvalue weighted by Crippen LogP contribution is 2.38. The molecule has 19 heavy (non-hydrogen) atoms. The van der Waals surface area contributed by atoms with Crippen molar-refractivity contribution < 1.29 is 14.3 Å². The Morgan fingerprint density at radius 3 is 2.58 bits per heavy atom. The summed E-state index contributed by atoms with van der Waals surface area (Å²) < 4.78 is 11.4. The Bertz CT molecular complexity index is 441. The van der Waals surface area contributed by atoms with Crippen molar-refractivity contribution in [3.8, 4) is 0 Å². The first-order valence-corrected chi connectivity index (χ1v) is 7.12. The Morgan fingerprint density at radius 2 is 2.05 bits per heavy atom. The number of hydrogen-bond donors (Lipinski definition) is 1. The summed E-state index contributed by atoms with van der Waals surface area (Å²) in [6.45, 7) is 2.63. The van der Waals surface area contributed by atoms with Gasteiger partial charge >= 0.3 is 5.97 Å². The monoisotopic (exact) mass is 327 g/mol. The van der Waals surface area contributed by atoms with Gasteiger partial charge in [0.05, 0.1) is 13.2 Å². The standard InChI is InChI=1S/C14H18BrNO3/c1-3-19-12-8-14(9-12,13(17)18-2)16-11-6-4-10(15)5-7-11/h4-7,12,16H,3,8-9H2,1-2H3. The van der Waals surface area contributed by atoms with E-state index in [2.05, 4.69) is 21.2 Å². The van der Waals surface area contributed by atoms with E-state index in [0.717, 1.165) is 10.2 Å². The van der Waals surface area contributed by atoms with Crippen LogP contribution in [0.5, 0.6) is 0 Å². The molecule has 5 heteroatoms. The van der Waals surface area contributed by atoms with Crippen LogP contribution in [0.4, 0.5) is 5.69 Å². The van der Waals surface area contributed by atoms with Gasteiger partial charge in [-0.25, -0.2) is 4.79 Å². The van der Waals surface area contributed by atoms with Crippen molar-refractivity contribution in [1.29, 1.82) is 0 Å². The normalized spacial score (nSPS) is 25.5. The summed E-state index contributed by atoms with van der Waals surface area (Å²) in [5.74, 6) is -0.230. The molecule has 0 bridgehead atoms. The lowest BCUT2D eigenvalue weighted by Crippen LogP contribution is -2.59. The number of benzene rings is 1. The smallest absolute Gasteiger partial charge is 0.331 e. The number of carbonyl (C=O) groups excluding carboxylic acids is 1. The summed E-state index contributed by atoms with van der Waals surface area (Å²) in [6, 6.07) is 7.74. The summed E-state index contributed by atoms with van der Waals surface area (Å²) in [5, 5.41) is 3.28. The first-order chi connectivity index (χ1) is 9.09. The largest absolute Gasteiger partial charge is 0.467 e. The number of anilines is 1. The van der Waals surface area contributed by atoms with Crippen LogP contribution in [0, 0.1) is 0 Å². The second-order valence-electron chi connectivity index (χ2n) is 4.69. The summed E-state index contributed by atoms with van der Waals surface area (Å²) in [7, 11) is 1.42. The highest BCUT2D eigenvalue weighted by molar-refractivity contribution is 9.10. The fourth-order valence-electron chi connectivity index (χ4n) is 2.40. The number of nitrogens with one attached hydrogen (secondary N) is 1. The van der Waals surface area contributed by atoms with Crippen LogP contribution in [0.25, 0.3) is 0 Å². The maximum absolute atomic E-state index is 12.0. The van der Waals surface area contributed by atoms with Gasteiger partial charge in [-0.1, -0.05) is 15.9 Å². The first-order valence-electron chi connectivity index (χ1n) is 6.33. The van der Waals surface area contributed by atoms with Crippen molar-refractivity contribution in [2.24, 2.45) is 0 Å². The molecule has 0 saturated heterocycles. The Balaban J connectivity index is 2.08. The second-order valence-corrected chi connectivity index (χ2v) is 5.61. The minimum absolute atomic E-state index is 0.132. The molecule has 0 heterocycles. The van der Waals surface area contributed by atoms with Gasteiger partial charge < -0.3 is 14.8 Å². The van der Waals surface area contributed by atoms with E-state index >= 15 is 0 Å². The molecule has 1 aliphatic carbocycles. The Morgan fingerprint density at radius 1 is 1.42 bits per heavy atom. The maximum Gasteiger partial charge on any atom is 0.331 e. The van der Waals surface area contributed by atoms with Crippen LogP contribution in [0.1, 0.15) is 19.8 Å². The third-order valence-corrected chi connectivity index (χ3v) is 3.89. The van der Waals surface area contributed by atoms with E-state index in [1.165, 1.54) is 7.11 Å². The third kappa shape index (κ3) is 3.09. The zero-order valence-electron chi connectivity index (χ0n) is 11.1. The van der Waals surface area contributed by atoms with E-state index in [-0.39, 0.29) is 12.1 Å². The minimum Gasteiger partial charge on any atom is -0.467 e. The van der Waals surface area contributed by atoms with Crippen LogP contribution in [0.2, 0.25) is 0 Å². The quantitative estimate of drug-likeness (QED) is 0.844. The lowest BCUT2D eigenvalue weighted by Gasteiger charge is -2.45. The average Bonchev–Trinajstić information content (AvgIpc) is 2.37. The molecule has 0 aliphatic heterocycles. The molecule has 0 amide bonds. The number of esters is 1. The molecule has 4 nitrogen and oxygen atoms in total. The molecular weight excluding hydrogens is 310 g/mol. The number of ether oxygens (including phenoxy) is 2. The summed E-state index contributed by atoms with van der Waals surface area (Å²) in [6.07, 6.45) is 1.42. The number of methoxy groups -OCH3 is 1. The lowest BCUT2D eigenvalue weighted by atomic mass is 9.74. The second kappa shape index (κ2) is 5.92. The van der Waals surface area contributed by atoms with Gasteiger partial charge in [0, 0.05) is 29.6 Å². The third-order valence-electron chi connectivity index (χ3n) is 3.36. The maximum atomic E-state index is 12.0. The topological polar surface area (TPSA) is 47.6 Å².